The summed E-state index contributed by atoms with van der Waals surface area (Å²) in [6, 6.07) is 3.62. The molecule has 10 nitrogen and oxygen atoms in total. The molecule has 2 rings (SSSR count). The van der Waals surface area contributed by atoms with E-state index in [1.165, 1.54) is 36.0 Å². The number of hydrogen-bond acceptors (Lipinski definition) is 7. The zero-order chi connectivity index (χ0) is 19.5. The number of phenolic OH excluding ortho intramolecular Hbond substituents is 1. The van der Waals surface area contributed by atoms with Gasteiger partial charge in [-0.3, -0.25) is 4.79 Å². The van der Waals surface area contributed by atoms with Gasteiger partial charge in [0.2, 0.25) is 5.91 Å². The fourth-order valence-electron chi connectivity index (χ4n) is 2.03. The Labute approximate surface area is 157 Å². The van der Waals surface area contributed by atoms with Gasteiger partial charge in [-0.15, -0.1) is 0 Å². The topological polar surface area (TPSA) is 144 Å². The van der Waals surface area contributed by atoms with Crippen molar-refractivity contribution in [1.29, 1.82) is 0 Å². The molecular formula is C14H15BrN4O6S. The summed E-state index contributed by atoms with van der Waals surface area (Å²) in [4.78, 5) is 22.1. The van der Waals surface area contributed by atoms with Crippen LogP contribution in [0, 0.1) is 10.1 Å². The quantitative estimate of drug-likeness (QED) is 0.376. The number of amides is 1. The zero-order valence-electron chi connectivity index (χ0n) is 13.5. The molecule has 12 heteroatoms. The van der Waals surface area contributed by atoms with E-state index in [9.17, 15) is 28.4 Å². The average molecular weight is 447 g/mol. The second-order valence-corrected chi connectivity index (χ2v) is 8.33. The number of sulfone groups is 1. The maximum absolute atomic E-state index is 12.0. The lowest BCUT2D eigenvalue weighted by molar-refractivity contribution is -0.390. The largest absolute Gasteiger partial charge is 0.506 e. The Morgan fingerprint density at radius 1 is 1.46 bits per heavy atom. The third-order valence-corrected chi connectivity index (χ3v) is 5.71. The van der Waals surface area contributed by atoms with Crippen LogP contribution in [0.25, 0.3) is 0 Å². The number of nitro groups is 1. The number of carbonyl (C=O) groups excluding carboxylic acids is 1. The van der Waals surface area contributed by atoms with Crippen LogP contribution in [-0.4, -0.2) is 39.9 Å². The van der Waals surface area contributed by atoms with Crippen LogP contribution < -0.4 is 5.32 Å². The molecule has 1 heterocycles. The number of aromatic hydroxyl groups is 1. The minimum absolute atomic E-state index is 0.0141. The molecule has 2 aromatic rings. The lowest BCUT2D eigenvalue weighted by Crippen LogP contribution is -2.15. The Morgan fingerprint density at radius 3 is 2.73 bits per heavy atom. The molecule has 0 aliphatic rings. The number of nitrogens with zero attached hydrogens (tertiary/aromatic N) is 3. The van der Waals surface area contributed by atoms with Crippen LogP contribution in [0.2, 0.25) is 0 Å². The Kier molecular flexibility index (Phi) is 5.97. The predicted molar refractivity (Wildman–Crippen MR) is 95.7 cm³/mol. The molecule has 140 valence electrons. The first-order valence-electron chi connectivity index (χ1n) is 7.37. The number of nitrogens with one attached hydrogen (secondary N) is 1. The van der Waals surface area contributed by atoms with Crippen molar-refractivity contribution < 1.29 is 23.2 Å². The van der Waals surface area contributed by atoms with Crippen molar-refractivity contribution in [2.45, 2.75) is 24.8 Å². The molecule has 0 bridgehead atoms. The normalized spacial score (nSPS) is 11.3. The van der Waals surface area contributed by atoms with E-state index in [0.29, 0.717) is 0 Å². The first-order chi connectivity index (χ1) is 12.1. The fourth-order valence-corrected chi connectivity index (χ4v) is 3.40. The molecule has 0 spiro atoms. The highest BCUT2D eigenvalue weighted by Gasteiger charge is 2.19. The fraction of sp³-hybridized carbons (Fsp3) is 0.286. The SMILES string of the molecule is CCS(=O)(=O)c1ccc(O)c(NC(=O)CCn2cc(Br)c([N+](=O)[O-])n2)c1. The minimum Gasteiger partial charge on any atom is -0.506 e. The second kappa shape index (κ2) is 7.83. The molecule has 0 aliphatic carbocycles. The van der Waals surface area contributed by atoms with Crippen molar-refractivity contribution in [3.05, 3.63) is 39.0 Å². The van der Waals surface area contributed by atoms with Gasteiger partial charge in [0.15, 0.2) is 9.84 Å². The number of aryl methyl sites for hydroxylation is 1. The molecule has 1 amide bonds. The molecule has 2 N–H and O–H groups in total. The monoisotopic (exact) mass is 446 g/mol. The van der Waals surface area contributed by atoms with Crippen molar-refractivity contribution in [2.24, 2.45) is 0 Å². The van der Waals surface area contributed by atoms with Crippen LogP contribution in [0.1, 0.15) is 13.3 Å². The van der Waals surface area contributed by atoms with Crippen molar-refractivity contribution in [2.75, 3.05) is 11.1 Å². The number of halogens is 1. The highest BCUT2D eigenvalue weighted by atomic mass is 79.9. The summed E-state index contributed by atoms with van der Waals surface area (Å²) in [7, 11) is -3.48. The summed E-state index contributed by atoms with van der Waals surface area (Å²) in [5.74, 6) is -1.26. The van der Waals surface area contributed by atoms with Gasteiger partial charge in [-0.1, -0.05) is 6.92 Å². The number of anilines is 1. The Balaban J connectivity index is 2.07. The van der Waals surface area contributed by atoms with Gasteiger partial charge in [-0.05, 0) is 39.1 Å². The van der Waals surface area contributed by atoms with E-state index in [2.05, 4.69) is 26.3 Å². The predicted octanol–water partition coefficient (Wildman–Crippen LogP) is 2.08. The molecule has 1 aromatic heterocycles. The van der Waals surface area contributed by atoms with Gasteiger partial charge in [-0.2, -0.15) is 4.68 Å². The molecule has 0 atom stereocenters. The van der Waals surface area contributed by atoms with Gasteiger partial charge in [0.25, 0.3) is 0 Å². The highest BCUT2D eigenvalue weighted by molar-refractivity contribution is 9.10. The Hall–Kier alpha value is -2.47. The van der Waals surface area contributed by atoms with Gasteiger partial charge < -0.3 is 20.5 Å². The molecule has 0 saturated carbocycles. The maximum atomic E-state index is 12.0. The van der Waals surface area contributed by atoms with Gasteiger partial charge in [0.1, 0.15) is 10.2 Å². The molecule has 26 heavy (non-hydrogen) atoms. The van der Waals surface area contributed by atoms with E-state index in [-0.39, 0.29) is 45.3 Å². The molecule has 0 radical (unpaired) electrons. The third kappa shape index (κ3) is 4.58. The van der Waals surface area contributed by atoms with Crippen LogP contribution >= 0.6 is 15.9 Å². The van der Waals surface area contributed by atoms with Gasteiger partial charge in [0, 0.05) is 6.42 Å². The van der Waals surface area contributed by atoms with Gasteiger partial charge >= 0.3 is 5.82 Å². The first-order valence-corrected chi connectivity index (χ1v) is 9.81. The number of phenols is 1. The van der Waals surface area contributed by atoms with Crippen molar-refractivity contribution in [3.63, 3.8) is 0 Å². The lowest BCUT2D eigenvalue weighted by atomic mass is 10.3. The van der Waals surface area contributed by atoms with E-state index in [0.717, 1.165) is 0 Å². The summed E-state index contributed by atoms with van der Waals surface area (Å²) < 4.78 is 25.2. The summed E-state index contributed by atoms with van der Waals surface area (Å²) >= 11 is 3.01. The molecule has 0 saturated heterocycles. The van der Waals surface area contributed by atoms with Crippen molar-refractivity contribution >= 4 is 43.2 Å². The van der Waals surface area contributed by atoms with E-state index in [1.807, 2.05) is 0 Å². The summed E-state index contributed by atoms with van der Waals surface area (Å²) in [6.07, 6.45) is 1.28. The van der Waals surface area contributed by atoms with Crippen LogP contribution in [0.4, 0.5) is 11.5 Å². The standard InChI is InChI=1S/C14H15BrN4O6S/c1-2-26(24,25)9-3-4-12(20)11(7-9)16-13(21)5-6-18-8-10(15)14(17-18)19(22)23/h3-4,7-8,20H,2,5-6H2,1H3,(H,16,21). The smallest absolute Gasteiger partial charge is 0.404 e. The van der Waals surface area contributed by atoms with E-state index < -0.39 is 20.7 Å². The van der Waals surface area contributed by atoms with Crippen LogP contribution in [0.5, 0.6) is 5.75 Å². The second-order valence-electron chi connectivity index (χ2n) is 5.20. The lowest BCUT2D eigenvalue weighted by Gasteiger charge is -2.09. The number of rotatable bonds is 7. The van der Waals surface area contributed by atoms with Crippen molar-refractivity contribution in [3.8, 4) is 5.75 Å². The average Bonchev–Trinajstić information content (AvgIpc) is 2.96. The van der Waals surface area contributed by atoms with Gasteiger partial charge in [0.05, 0.1) is 34.2 Å². The Morgan fingerprint density at radius 2 is 2.15 bits per heavy atom. The molecule has 0 unspecified atom stereocenters. The third-order valence-electron chi connectivity index (χ3n) is 3.42. The van der Waals surface area contributed by atoms with Crippen LogP contribution in [0.15, 0.2) is 33.8 Å². The minimum atomic E-state index is -3.48. The summed E-state index contributed by atoms with van der Waals surface area (Å²) in [5, 5.41) is 26.7. The molecule has 1 aromatic carbocycles. The van der Waals surface area contributed by atoms with Crippen molar-refractivity contribution in [1.82, 2.24) is 9.78 Å². The van der Waals surface area contributed by atoms with Gasteiger partial charge in [-0.25, -0.2) is 8.42 Å². The van der Waals surface area contributed by atoms with E-state index in [1.54, 1.807) is 0 Å². The molecule has 0 aliphatic heterocycles. The first kappa shape index (κ1) is 19.8. The summed E-state index contributed by atoms with van der Waals surface area (Å²) in [6.45, 7) is 1.55. The highest BCUT2D eigenvalue weighted by Crippen LogP contribution is 2.27. The number of aromatic nitrogens is 2. The molecular weight excluding hydrogens is 432 g/mol. The maximum Gasteiger partial charge on any atom is 0.404 e. The van der Waals surface area contributed by atoms with Crippen LogP contribution in [0.3, 0.4) is 0 Å². The van der Waals surface area contributed by atoms with E-state index >= 15 is 0 Å². The van der Waals surface area contributed by atoms with E-state index in [4.69, 9.17) is 0 Å². The number of carbonyl (C=O) groups is 1. The summed E-state index contributed by atoms with van der Waals surface area (Å²) in [5.41, 5.74) is -0.0304. The number of benzene rings is 1. The zero-order valence-corrected chi connectivity index (χ0v) is 15.9. The molecule has 0 fully saturated rings. The van der Waals surface area contributed by atoms with Crippen LogP contribution in [-0.2, 0) is 21.2 Å². The number of hydrogen-bond donors (Lipinski definition) is 2. The Bertz CT molecular complexity index is 956.